The molecule has 0 bridgehead atoms. The van der Waals surface area contributed by atoms with Crippen molar-refractivity contribution < 1.29 is 4.79 Å². The van der Waals surface area contributed by atoms with Crippen LogP contribution in [0.4, 0.5) is 11.4 Å². The van der Waals surface area contributed by atoms with Gasteiger partial charge in [0.15, 0.2) is 0 Å². The van der Waals surface area contributed by atoms with Gasteiger partial charge < -0.3 is 16.4 Å². The van der Waals surface area contributed by atoms with E-state index in [1.54, 1.807) is 36.7 Å². The van der Waals surface area contributed by atoms with Crippen molar-refractivity contribution in [2.45, 2.75) is 6.54 Å². The third kappa shape index (κ3) is 4.73. The first-order chi connectivity index (χ1) is 11.1. The first kappa shape index (κ1) is 16.3. The number of nitrogens with two attached hydrogens (primary N) is 1. The van der Waals surface area contributed by atoms with Crippen molar-refractivity contribution in [2.75, 3.05) is 11.1 Å². The Morgan fingerprint density at radius 2 is 2.26 bits per heavy atom. The minimum atomic E-state index is -0.481. The number of pyridine rings is 1. The number of nitrogen functional groups attached to an aromatic ring is 1. The molecule has 1 aromatic heterocycles. The van der Waals surface area contributed by atoms with Gasteiger partial charge in [-0.15, -0.1) is 0 Å². The van der Waals surface area contributed by atoms with Gasteiger partial charge in [0.25, 0.3) is 5.91 Å². The van der Waals surface area contributed by atoms with Crippen molar-refractivity contribution in [1.29, 1.82) is 5.26 Å². The molecule has 7 heteroatoms. The molecule has 0 radical (unpaired) electrons. The average molecular weight is 328 g/mol. The minimum absolute atomic E-state index is 0.0539. The van der Waals surface area contributed by atoms with Crippen molar-refractivity contribution >= 4 is 28.9 Å². The van der Waals surface area contributed by atoms with E-state index in [0.717, 1.165) is 5.56 Å². The second-order valence-electron chi connectivity index (χ2n) is 4.59. The maximum atomic E-state index is 12.0. The van der Waals surface area contributed by atoms with Crippen LogP contribution in [-0.4, -0.2) is 10.9 Å². The average Bonchev–Trinajstić information content (AvgIpc) is 2.57. The summed E-state index contributed by atoms with van der Waals surface area (Å²) in [6.45, 7) is 0.291. The van der Waals surface area contributed by atoms with Crippen LogP contribution in [0, 0.1) is 11.3 Å². The Kier molecular flexibility index (Phi) is 5.56. The van der Waals surface area contributed by atoms with Gasteiger partial charge in [0.05, 0.1) is 10.7 Å². The molecule has 0 aliphatic carbocycles. The van der Waals surface area contributed by atoms with E-state index in [1.165, 1.54) is 6.20 Å². The van der Waals surface area contributed by atoms with E-state index >= 15 is 0 Å². The molecule has 0 spiro atoms. The number of nitrogens with zero attached hydrogens (tertiary/aromatic N) is 2. The monoisotopic (exact) mass is 327 g/mol. The summed E-state index contributed by atoms with van der Waals surface area (Å²) in [6, 6.07) is 10.4. The molecule has 1 aromatic carbocycles. The van der Waals surface area contributed by atoms with Crippen LogP contribution in [0.3, 0.4) is 0 Å². The molecule has 0 unspecified atom stereocenters. The Morgan fingerprint density at radius 1 is 1.43 bits per heavy atom. The lowest BCUT2D eigenvalue weighted by molar-refractivity contribution is -0.117. The second-order valence-corrected chi connectivity index (χ2v) is 5.00. The standard InChI is InChI=1S/C16H14ClN5O/c17-14-6-13(3-4-15(14)19)21-10-12(7-18)16(23)22-9-11-2-1-5-20-8-11/h1-6,8,10,21H,9,19H2,(H,22,23)/b12-10-. The largest absolute Gasteiger partial charge is 0.398 e. The number of hydrogen-bond acceptors (Lipinski definition) is 5. The van der Waals surface area contributed by atoms with Crippen molar-refractivity contribution in [2.24, 2.45) is 0 Å². The van der Waals surface area contributed by atoms with Crippen LogP contribution in [0.1, 0.15) is 5.56 Å². The molecule has 0 saturated carbocycles. The molecule has 116 valence electrons. The summed E-state index contributed by atoms with van der Waals surface area (Å²) in [7, 11) is 0. The predicted octanol–water partition coefficient (Wildman–Crippen LogP) is 2.45. The number of anilines is 2. The summed E-state index contributed by atoms with van der Waals surface area (Å²) < 4.78 is 0. The lowest BCUT2D eigenvalue weighted by Gasteiger charge is -2.06. The third-order valence-corrected chi connectivity index (χ3v) is 3.25. The molecule has 0 aliphatic rings. The van der Waals surface area contributed by atoms with Crippen LogP contribution in [-0.2, 0) is 11.3 Å². The summed E-state index contributed by atoms with van der Waals surface area (Å²) in [5, 5.41) is 15.0. The number of amides is 1. The van der Waals surface area contributed by atoms with Gasteiger partial charge >= 0.3 is 0 Å². The Morgan fingerprint density at radius 3 is 2.91 bits per heavy atom. The number of nitriles is 1. The smallest absolute Gasteiger partial charge is 0.263 e. The first-order valence-electron chi connectivity index (χ1n) is 6.69. The molecule has 0 fully saturated rings. The second kappa shape index (κ2) is 7.82. The zero-order valence-corrected chi connectivity index (χ0v) is 12.8. The highest BCUT2D eigenvalue weighted by Crippen LogP contribution is 2.22. The molecular weight excluding hydrogens is 314 g/mol. The molecule has 0 saturated heterocycles. The van der Waals surface area contributed by atoms with E-state index in [2.05, 4.69) is 15.6 Å². The molecule has 2 aromatic rings. The fourth-order valence-electron chi connectivity index (χ4n) is 1.70. The van der Waals surface area contributed by atoms with Crippen molar-refractivity contribution in [3.8, 4) is 6.07 Å². The van der Waals surface area contributed by atoms with Gasteiger partial charge in [-0.1, -0.05) is 17.7 Å². The topological polar surface area (TPSA) is 104 Å². The number of benzene rings is 1. The summed E-state index contributed by atoms with van der Waals surface area (Å²) >= 11 is 5.91. The molecular formula is C16H14ClN5O. The summed E-state index contributed by atoms with van der Waals surface area (Å²) in [5.41, 5.74) is 7.48. The number of carbonyl (C=O) groups is 1. The van der Waals surface area contributed by atoms with E-state index in [4.69, 9.17) is 22.6 Å². The van der Waals surface area contributed by atoms with Gasteiger partial charge in [-0.25, -0.2) is 0 Å². The fraction of sp³-hybridized carbons (Fsp3) is 0.0625. The maximum absolute atomic E-state index is 12.0. The highest BCUT2D eigenvalue weighted by atomic mass is 35.5. The first-order valence-corrected chi connectivity index (χ1v) is 7.07. The maximum Gasteiger partial charge on any atom is 0.263 e. The summed E-state index contributed by atoms with van der Waals surface area (Å²) in [5.74, 6) is -0.481. The van der Waals surface area contributed by atoms with E-state index in [9.17, 15) is 4.79 Å². The number of aromatic nitrogens is 1. The lowest BCUT2D eigenvalue weighted by Crippen LogP contribution is -2.24. The van der Waals surface area contributed by atoms with Crippen LogP contribution in [0.15, 0.2) is 54.5 Å². The quantitative estimate of drug-likeness (QED) is 0.444. The predicted molar refractivity (Wildman–Crippen MR) is 89.3 cm³/mol. The van der Waals surface area contributed by atoms with Crippen LogP contribution in [0.25, 0.3) is 0 Å². The fourth-order valence-corrected chi connectivity index (χ4v) is 1.88. The van der Waals surface area contributed by atoms with Crippen molar-refractivity contribution in [1.82, 2.24) is 10.3 Å². The minimum Gasteiger partial charge on any atom is -0.398 e. The van der Waals surface area contributed by atoms with Crippen LogP contribution in [0.2, 0.25) is 5.02 Å². The molecule has 4 N–H and O–H groups in total. The van der Waals surface area contributed by atoms with E-state index in [0.29, 0.717) is 22.9 Å². The van der Waals surface area contributed by atoms with Gasteiger partial charge in [-0.05, 0) is 29.8 Å². The highest BCUT2D eigenvalue weighted by molar-refractivity contribution is 6.33. The lowest BCUT2D eigenvalue weighted by atomic mass is 10.2. The number of nitrogens with one attached hydrogen (secondary N) is 2. The molecule has 1 amide bonds. The SMILES string of the molecule is N#C/C(=C/Nc1ccc(N)c(Cl)c1)C(=O)NCc1cccnc1. The molecule has 23 heavy (non-hydrogen) atoms. The Balaban J connectivity index is 1.99. The summed E-state index contributed by atoms with van der Waals surface area (Å²) in [6.07, 6.45) is 4.61. The van der Waals surface area contributed by atoms with Gasteiger partial charge in [-0.3, -0.25) is 9.78 Å². The normalized spacial score (nSPS) is 10.7. The Hall–Kier alpha value is -3.04. The summed E-state index contributed by atoms with van der Waals surface area (Å²) in [4.78, 5) is 15.9. The van der Waals surface area contributed by atoms with Crippen molar-refractivity contribution in [3.05, 3.63) is 65.1 Å². The highest BCUT2D eigenvalue weighted by Gasteiger charge is 2.08. The van der Waals surface area contributed by atoms with Gasteiger partial charge in [0.2, 0.25) is 0 Å². The van der Waals surface area contributed by atoms with Gasteiger partial charge in [0.1, 0.15) is 11.6 Å². The molecule has 6 nitrogen and oxygen atoms in total. The van der Waals surface area contributed by atoms with Crippen molar-refractivity contribution in [3.63, 3.8) is 0 Å². The van der Waals surface area contributed by atoms with Gasteiger partial charge in [0, 0.05) is 30.8 Å². The molecule has 1 heterocycles. The van der Waals surface area contributed by atoms with Crippen LogP contribution >= 0.6 is 11.6 Å². The zero-order valence-electron chi connectivity index (χ0n) is 12.1. The van der Waals surface area contributed by atoms with Gasteiger partial charge in [-0.2, -0.15) is 5.26 Å². The van der Waals surface area contributed by atoms with E-state index in [1.807, 2.05) is 12.1 Å². The number of hydrogen-bond donors (Lipinski definition) is 3. The molecule has 2 rings (SSSR count). The number of rotatable bonds is 5. The Bertz CT molecular complexity index is 768. The Labute approximate surface area is 138 Å². The molecule has 0 aliphatic heterocycles. The van der Waals surface area contributed by atoms with E-state index < -0.39 is 5.91 Å². The van der Waals surface area contributed by atoms with Crippen LogP contribution < -0.4 is 16.4 Å². The van der Waals surface area contributed by atoms with E-state index in [-0.39, 0.29) is 5.57 Å². The number of halogens is 1. The molecule has 0 atom stereocenters. The zero-order chi connectivity index (χ0) is 16.7. The van der Waals surface area contributed by atoms with Crippen LogP contribution in [0.5, 0.6) is 0 Å². The number of carbonyl (C=O) groups excluding carboxylic acids is 1. The third-order valence-electron chi connectivity index (χ3n) is 2.92.